The molecule has 1 amide bonds. The van der Waals surface area contributed by atoms with Gasteiger partial charge in [-0.2, -0.15) is 26.3 Å². The maximum atomic E-state index is 13.2. The second-order valence-corrected chi connectivity index (χ2v) is 8.34. The molecule has 0 heterocycles. The van der Waals surface area contributed by atoms with E-state index in [9.17, 15) is 31.1 Å². The first-order valence-corrected chi connectivity index (χ1v) is 10.2. The maximum absolute atomic E-state index is 13.2. The van der Waals surface area contributed by atoms with Crippen molar-refractivity contribution in [3.8, 4) is 0 Å². The minimum absolute atomic E-state index is 0.0287. The van der Waals surface area contributed by atoms with E-state index in [0.29, 0.717) is 37.8 Å². The van der Waals surface area contributed by atoms with E-state index >= 15 is 0 Å². The number of rotatable bonds is 4. The van der Waals surface area contributed by atoms with Crippen molar-refractivity contribution in [3.05, 3.63) is 70.8 Å². The minimum Gasteiger partial charge on any atom is -0.346 e. The van der Waals surface area contributed by atoms with Crippen LogP contribution in [-0.2, 0) is 22.7 Å². The van der Waals surface area contributed by atoms with Crippen molar-refractivity contribution in [2.24, 2.45) is 5.73 Å². The molecule has 0 aromatic heterocycles. The Morgan fingerprint density at radius 1 is 0.969 bits per heavy atom. The zero-order chi connectivity index (χ0) is 23.7. The van der Waals surface area contributed by atoms with Gasteiger partial charge >= 0.3 is 12.4 Å². The second-order valence-electron chi connectivity index (χ2n) is 8.34. The van der Waals surface area contributed by atoms with E-state index in [-0.39, 0.29) is 17.7 Å². The molecule has 1 unspecified atom stereocenters. The van der Waals surface area contributed by atoms with E-state index in [1.54, 1.807) is 0 Å². The zero-order valence-electron chi connectivity index (χ0n) is 17.4. The summed E-state index contributed by atoms with van der Waals surface area (Å²) in [7, 11) is 0. The third kappa shape index (κ3) is 5.26. The summed E-state index contributed by atoms with van der Waals surface area (Å²) in [5, 5.41) is 2.93. The van der Waals surface area contributed by atoms with Crippen LogP contribution in [-0.4, -0.2) is 11.9 Å². The molecule has 174 valence electrons. The molecule has 0 bridgehead atoms. The van der Waals surface area contributed by atoms with Gasteiger partial charge in [-0.15, -0.1) is 0 Å². The summed E-state index contributed by atoms with van der Waals surface area (Å²) in [6, 6.07) is 10.4. The minimum atomic E-state index is -4.98. The monoisotopic (exact) mass is 458 g/mol. The molecule has 3 nitrogen and oxygen atoms in total. The first kappa shape index (κ1) is 24.1. The standard InChI is InChI=1S/C23H24F6N2O/c1-14(15-11-17(22(24,25)26)13-18(12-15)23(27,28)29)20(32)31-21(9-7-19(30)8-10-21)16-5-3-2-4-6-16/h2-6,11-14,19H,7-10,30H2,1H3,(H,31,32). The predicted octanol–water partition coefficient (Wildman–Crippen LogP) is 5.74. The van der Waals surface area contributed by atoms with Gasteiger partial charge in [0.2, 0.25) is 5.91 Å². The highest BCUT2D eigenvalue weighted by Crippen LogP contribution is 2.40. The Kier molecular flexibility index (Phi) is 6.60. The van der Waals surface area contributed by atoms with Gasteiger partial charge in [0.05, 0.1) is 22.6 Å². The smallest absolute Gasteiger partial charge is 0.346 e. The molecule has 2 aromatic rings. The number of alkyl halides is 6. The molecule has 9 heteroatoms. The van der Waals surface area contributed by atoms with Crippen LogP contribution in [0.1, 0.15) is 60.8 Å². The molecule has 32 heavy (non-hydrogen) atoms. The van der Waals surface area contributed by atoms with E-state index in [1.807, 2.05) is 30.3 Å². The summed E-state index contributed by atoms with van der Waals surface area (Å²) in [6.45, 7) is 1.30. The van der Waals surface area contributed by atoms with Gasteiger partial charge in [0.15, 0.2) is 0 Å². The lowest BCUT2D eigenvalue weighted by atomic mass is 9.74. The quantitative estimate of drug-likeness (QED) is 0.574. The van der Waals surface area contributed by atoms with Crippen LogP contribution >= 0.6 is 0 Å². The van der Waals surface area contributed by atoms with Crippen LogP contribution in [0.15, 0.2) is 48.5 Å². The summed E-state index contributed by atoms with van der Waals surface area (Å²) in [6.07, 6.45) is -7.65. The molecular weight excluding hydrogens is 434 g/mol. The van der Waals surface area contributed by atoms with Crippen LogP contribution in [0.3, 0.4) is 0 Å². The zero-order valence-corrected chi connectivity index (χ0v) is 17.4. The molecule has 1 aliphatic rings. The van der Waals surface area contributed by atoms with Crippen molar-refractivity contribution in [2.45, 2.75) is 62.5 Å². The number of hydrogen-bond donors (Lipinski definition) is 2. The van der Waals surface area contributed by atoms with Crippen LogP contribution in [0.5, 0.6) is 0 Å². The molecule has 0 saturated heterocycles. The molecule has 0 aliphatic heterocycles. The van der Waals surface area contributed by atoms with Crippen molar-refractivity contribution in [2.75, 3.05) is 0 Å². The average Bonchev–Trinajstić information content (AvgIpc) is 2.74. The van der Waals surface area contributed by atoms with Gasteiger partial charge in [0, 0.05) is 6.04 Å². The van der Waals surface area contributed by atoms with Gasteiger partial charge in [0.1, 0.15) is 0 Å². The SMILES string of the molecule is CC(C(=O)NC1(c2ccccc2)CCC(N)CC1)c1cc(C(F)(F)F)cc(C(F)(F)F)c1. The Morgan fingerprint density at radius 2 is 1.47 bits per heavy atom. The van der Waals surface area contributed by atoms with Crippen LogP contribution in [0, 0.1) is 0 Å². The highest BCUT2D eigenvalue weighted by atomic mass is 19.4. The summed E-state index contributed by atoms with van der Waals surface area (Å²) < 4.78 is 79.3. The number of carbonyl (C=O) groups excluding carboxylic acids is 1. The van der Waals surface area contributed by atoms with Crippen molar-refractivity contribution in [1.82, 2.24) is 5.32 Å². The van der Waals surface area contributed by atoms with Crippen LogP contribution in [0.2, 0.25) is 0 Å². The van der Waals surface area contributed by atoms with Gasteiger partial charge in [-0.3, -0.25) is 4.79 Å². The lowest BCUT2D eigenvalue weighted by molar-refractivity contribution is -0.143. The van der Waals surface area contributed by atoms with Gasteiger partial charge in [-0.1, -0.05) is 30.3 Å². The maximum Gasteiger partial charge on any atom is 0.416 e. The summed E-state index contributed by atoms with van der Waals surface area (Å²) in [4.78, 5) is 13.1. The number of carbonyl (C=O) groups is 1. The van der Waals surface area contributed by atoms with Gasteiger partial charge < -0.3 is 11.1 Å². The topological polar surface area (TPSA) is 55.1 Å². The first-order valence-electron chi connectivity index (χ1n) is 10.2. The Hall–Kier alpha value is -2.55. The first-order chi connectivity index (χ1) is 14.8. The van der Waals surface area contributed by atoms with E-state index in [4.69, 9.17) is 5.73 Å². The predicted molar refractivity (Wildman–Crippen MR) is 108 cm³/mol. The van der Waals surface area contributed by atoms with Crippen LogP contribution in [0.4, 0.5) is 26.3 Å². The fourth-order valence-corrected chi connectivity index (χ4v) is 4.10. The van der Waals surface area contributed by atoms with Crippen LogP contribution < -0.4 is 11.1 Å². The molecule has 2 aromatic carbocycles. The molecule has 0 radical (unpaired) electrons. The van der Waals surface area contributed by atoms with Crippen molar-refractivity contribution in [3.63, 3.8) is 0 Å². The van der Waals surface area contributed by atoms with Gasteiger partial charge in [0.25, 0.3) is 0 Å². The summed E-state index contributed by atoms with van der Waals surface area (Å²) in [5.41, 5.74) is 2.82. The largest absolute Gasteiger partial charge is 0.416 e. The Morgan fingerprint density at radius 3 is 1.94 bits per heavy atom. The van der Waals surface area contributed by atoms with Gasteiger partial charge in [-0.05, 0) is 61.9 Å². The fraction of sp³-hybridized carbons (Fsp3) is 0.435. The Bertz CT molecular complexity index is 915. The van der Waals surface area contributed by atoms with E-state index in [0.717, 1.165) is 5.56 Å². The van der Waals surface area contributed by atoms with Crippen molar-refractivity contribution < 1.29 is 31.1 Å². The van der Waals surface area contributed by atoms with Crippen LogP contribution in [0.25, 0.3) is 0 Å². The Labute approximate surface area is 182 Å². The summed E-state index contributed by atoms with van der Waals surface area (Å²) >= 11 is 0. The molecule has 3 rings (SSSR count). The molecule has 3 N–H and O–H groups in total. The highest BCUT2D eigenvalue weighted by Gasteiger charge is 2.40. The lowest BCUT2D eigenvalue weighted by Gasteiger charge is -2.41. The molecule has 1 fully saturated rings. The number of amides is 1. The number of hydrogen-bond acceptors (Lipinski definition) is 2. The highest BCUT2D eigenvalue weighted by molar-refractivity contribution is 5.84. The number of nitrogens with two attached hydrogens (primary N) is 1. The second kappa shape index (κ2) is 8.77. The van der Waals surface area contributed by atoms with E-state index < -0.39 is 40.8 Å². The van der Waals surface area contributed by atoms with Gasteiger partial charge in [-0.25, -0.2) is 0 Å². The normalized spacial score (nSPS) is 22.9. The molecule has 1 saturated carbocycles. The number of benzene rings is 2. The third-order valence-corrected chi connectivity index (χ3v) is 6.08. The third-order valence-electron chi connectivity index (χ3n) is 6.08. The van der Waals surface area contributed by atoms with Crippen molar-refractivity contribution >= 4 is 5.91 Å². The average molecular weight is 458 g/mol. The molecular formula is C23H24F6N2O. The number of halogens is 6. The number of nitrogens with one attached hydrogen (secondary N) is 1. The molecule has 1 atom stereocenters. The fourth-order valence-electron chi connectivity index (χ4n) is 4.10. The summed E-state index contributed by atoms with van der Waals surface area (Å²) in [5.74, 6) is -1.87. The van der Waals surface area contributed by atoms with Crippen molar-refractivity contribution in [1.29, 1.82) is 0 Å². The van der Waals surface area contributed by atoms with E-state index in [1.165, 1.54) is 6.92 Å². The molecule has 1 aliphatic carbocycles. The lowest BCUT2D eigenvalue weighted by Crippen LogP contribution is -2.51. The van der Waals surface area contributed by atoms with E-state index in [2.05, 4.69) is 5.32 Å². The molecule has 0 spiro atoms. The Balaban J connectivity index is 1.95.